The molecule has 0 aliphatic heterocycles. The van der Waals surface area contributed by atoms with Crippen LogP contribution in [0.15, 0.2) is 30.3 Å². The minimum absolute atomic E-state index is 0.353. The lowest BCUT2D eigenvalue weighted by atomic mass is 9.78. The SMILES string of the molecule is CCOC1(C(O)c2ccccc2)CCCCC1. The fourth-order valence-electron chi connectivity index (χ4n) is 2.87. The highest BCUT2D eigenvalue weighted by Crippen LogP contribution is 2.41. The summed E-state index contributed by atoms with van der Waals surface area (Å²) < 4.78 is 5.94. The third-order valence-electron chi connectivity index (χ3n) is 3.75. The van der Waals surface area contributed by atoms with Crippen LogP contribution in [0.3, 0.4) is 0 Å². The van der Waals surface area contributed by atoms with Crippen molar-refractivity contribution in [3.63, 3.8) is 0 Å². The molecule has 1 N–H and O–H groups in total. The number of aliphatic hydroxyl groups is 1. The first-order chi connectivity index (χ1) is 8.28. The summed E-state index contributed by atoms with van der Waals surface area (Å²) in [6, 6.07) is 9.90. The molecule has 1 fully saturated rings. The smallest absolute Gasteiger partial charge is 0.108 e. The van der Waals surface area contributed by atoms with Gasteiger partial charge in [-0.2, -0.15) is 0 Å². The fourth-order valence-corrected chi connectivity index (χ4v) is 2.87. The lowest BCUT2D eigenvalue weighted by Crippen LogP contribution is -2.41. The molecule has 1 aliphatic rings. The molecule has 2 rings (SSSR count). The van der Waals surface area contributed by atoms with Gasteiger partial charge in [-0.15, -0.1) is 0 Å². The maximum atomic E-state index is 10.6. The molecular weight excluding hydrogens is 212 g/mol. The summed E-state index contributed by atoms with van der Waals surface area (Å²) in [7, 11) is 0. The summed E-state index contributed by atoms with van der Waals surface area (Å²) in [4.78, 5) is 0. The highest BCUT2D eigenvalue weighted by atomic mass is 16.5. The topological polar surface area (TPSA) is 29.5 Å². The minimum Gasteiger partial charge on any atom is -0.385 e. The molecule has 1 atom stereocenters. The summed E-state index contributed by atoms with van der Waals surface area (Å²) in [5.41, 5.74) is 0.622. The summed E-state index contributed by atoms with van der Waals surface area (Å²) in [5.74, 6) is 0. The first kappa shape index (κ1) is 12.6. The number of hydrogen-bond acceptors (Lipinski definition) is 2. The van der Waals surface area contributed by atoms with Crippen LogP contribution in [-0.2, 0) is 4.74 Å². The van der Waals surface area contributed by atoms with E-state index in [0.29, 0.717) is 6.61 Å². The van der Waals surface area contributed by atoms with Crippen molar-refractivity contribution in [3.05, 3.63) is 35.9 Å². The molecule has 94 valence electrons. The molecule has 1 unspecified atom stereocenters. The van der Waals surface area contributed by atoms with Crippen molar-refractivity contribution in [3.8, 4) is 0 Å². The highest BCUT2D eigenvalue weighted by Gasteiger charge is 2.40. The van der Waals surface area contributed by atoms with Crippen LogP contribution < -0.4 is 0 Å². The number of aliphatic hydroxyl groups excluding tert-OH is 1. The third-order valence-corrected chi connectivity index (χ3v) is 3.75. The van der Waals surface area contributed by atoms with E-state index in [4.69, 9.17) is 4.74 Å². The molecule has 0 heterocycles. The summed E-state index contributed by atoms with van der Waals surface area (Å²) in [5, 5.41) is 10.6. The third kappa shape index (κ3) is 2.70. The largest absolute Gasteiger partial charge is 0.385 e. The molecule has 1 aromatic rings. The second kappa shape index (κ2) is 5.65. The van der Waals surface area contributed by atoms with E-state index in [1.165, 1.54) is 6.42 Å². The molecule has 0 saturated heterocycles. The van der Waals surface area contributed by atoms with Gasteiger partial charge in [-0.3, -0.25) is 0 Å². The lowest BCUT2D eigenvalue weighted by Gasteiger charge is -2.41. The minimum atomic E-state index is -0.496. The Morgan fingerprint density at radius 2 is 1.82 bits per heavy atom. The Morgan fingerprint density at radius 3 is 2.41 bits per heavy atom. The van der Waals surface area contributed by atoms with E-state index in [-0.39, 0.29) is 5.60 Å². The summed E-state index contributed by atoms with van der Waals surface area (Å²) in [6.07, 6.45) is 5.02. The van der Waals surface area contributed by atoms with Crippen LogP contribution in [-0.4, -0.2) is 17.3 Å². The van der Waals surface area contributed by atoms with Crippen LogP contribution in [0.2, 0.25) is 0 Å². The van der Waals surface area contributed by atoms with Gasteiger partial charge in [0.25, 0.3) is 0 Å². The standard InChI is InChI=1S/C15H22O2/c1-2-17-15(11-7-4-8-12-15)14(16)13-9-5-3-6-10-13/h3,5-6,9-10,14,16H,2,4,7-8,11-12H2,1H3. The molecule has 1 saturated carbocycles. The van der Waals surface area contributed by atoms with Gasteiger partial charge in [0, 0.05) is 6.61 Å². The Kier molecular flexibility index (Phi) is 4.19. The Morgan fingerprint density at radius 1 is 1.18 bits per heavy atom. The van der Waals surface area contributed by atoms with Crippen LogP contribution in [0.4, 0.5) is 0 Å². The van der Waals surface area contributed by atoms with E-state index in [9.17, 15) is 5.11 Å². The van der Waals surface area contributed by atoms with Gasteiger partial charge in [0.2, 0.25) is 0 Å². The Labute approximate surface area is 104 Å². The molecule has 1 aliphatic carbocycles. The first-order valence-corrected chi connectivity index (χ1v) is 6.65. The predicted octanol–water partition coefficient (Wildman–Crippen LogP) is 3.46. The van der Waals surface area contributed by atoms with Crippen molar-refractivity contribution in [2.75, 3.05) is 6.61 Å². The molecule has 0 amide bonds. The summed E-state index contributed by atoms with van der Waals surface area (Å²) >= 11 is 0. The molecule has 2 heteroatoms. The summed E-state index contributed by atoms with van der Waals surface area (Å²) in [6.45, 7) is 2.68. The zero-order chi connectivity index (χ0) is 12.1. The predicted molar refractivity (Wildman–Crippen MR) is 68.8 cm³/mol. The normalized spacial score (nSPS) is 21.1. The van der Waals surface area contributed by atoms with Crippen LogP contribution in [0.1, 0.15) is 50.7 Å². The average molecular weight is 234 g/mol. The van der Waals surface area contributed by atoms with Crippen LogP contribution in [0, 0.1) is 0 Å². The van der Waals surface area contributed by atoms with Gasteiger partial charge >= 0.3 is 0 Å². The zero-order valence-electron chi connectivity index (χ0n) is 10.6. The van der Waals surface area contributed by atoms with Gasteiger partial charge in [-0.25, -0.2) is 0 Å². The van der Waals surface area contributed by atoms with Gasteiger partial charge in [0.15, 0.2) is 0 Å². The molecule has 2 nitrogen and oxygen atoms in total. The lowest BCUT2D eigenvalue weighted by molar-refractivity contribution is -0.141. The van der Waals surface area contributed by atoms with Gasteiger partial charge in [0.1, 0.15) is 6.10 Å². The number of rotatable bonds is 4. The van der Waals surface area contributed by atoms with Gasteiger partial charge in [-0.05, 0) is 25.3 Å². The number of hydrogen-bond donors (Lipinski definition) is 1. The van der Waals surface area contributed by atoms with Crippen LogP contribution >= 0.6 is 0 Å². The zero-order valence-corrected chi connectivity index (χ0v) is 10.6. The Hall–Kier alpha value is -0.860. The maximum absolute atomic E-state index is 10.6. The monoisotopic (exact) mass is 234 g/mol. The maximum Gasteiger partial charge on any atom is 0.108 e. The Bertz CT molecular complexity index is 323. The molecular formula is C15H22O2. The second-order valence-corrected chi connectivity index (χ2v) is 4.87. The number of ether oxygens (including phenoxy) is 1. The van der Waals surface area contributed by atoms with E-state index in [1.54, 1.807) is 0 Å². The first-order valence-electron chi connectivity index (χ1n) is 6.65. The van der Waals surface area contributed by atoms with E-state index in [0.717, 1.165) is 31.2 Å². The van der Waals surface area contributed by atoms with Gasteiger partial charge in [-0.1, -0.05) is 49.6 Å². The van der Waals surface area contributed by atoms with Gasteiger partial charge < -0.3 is 9.84 Å². The van der Waals surface area contributed by atoms with Crippen LogP contribution in [0.5, 0.6) is 0 Å². The highest BCUT2D eigenvalue weighted by molar-refractivity contribution is 5.20. The van der Waals surface area contributed by atoms with E-state index >= 15 is 0 Å². The van der Waals surface area contributed by atoms with Crippen molar-refractivity contribution in [1.82, 2.24) is 0 Å². The van der Waals surface area contributed by atoms with Crippen LogP contribution in [0.25, 0.3) is 0 Å². The van der Waals surface area contributed by atoms with E-state index in [2.05, 4.69) is 0 Å². The van der Waals surface area contributed by atoms with Crippen molar-refractivity contribution < 1.29 is 9.84 Å². The molecule has 0 radical (unpaired) electrons. The molecule has 17 heavy (non-hydrogen) atoms. The second-order valence-electron chi connectivity index (χ2n) is 4.87. The van der Waals surface area contributed by atoms with E-state index in [1.807, 2.05) is 37.3 Å². The van der Waals surface area contributed by atoms with Gasteiger partial charge in [0.05, 0.1) is 5.60 Å². The average Bonchev–Trinajstić information content (AvgIpc) is 2.40. The number of benzene rings is 1. The molecule has 1 aromatic carbocycles. The Balaban J connectivity index is 2.20. The quantitative estimate of drug-likeness (QED) is 0.864. The van der Waals surface area contributed by atoms with Crippen molar-refractivity contribution in [1.29, 1.82) is 0 Å². The fraction of sp³-hybridized carbons (Fsp3) is 0.600. The molecule has 0 spiro atoms. The van der Waals surface area contributed by atoms with Crippen molar-refractivity contribution in [2.45, 2.75) is 50.7 Å². The van der Waals surface area contributed by atoms with Crippen molar-refractivity contribution in [2.24, 2.45) is 0 Å². The molecule has 0 bridgehead atoms. The molecule has 0 aromatic heterocycles. The van der Waals surface area contributed by atoms with Crippen molar-refractivity contribution >= 4 is 0 Å². The van der Waals surface area contributed by atoms with E-state index < -0.39 is 6.10 Å².